The molecule has 1 heterocycles. The molecular weight excluding hydrogens is 320 g/mol. The van der Waals surface area contributed by atoms with Gasteiger partial charge < -0.3 is 24.8 Å². The van der Waals surface area contributed by atoms with Gasteiger partial charge in [0.15, 0.2) is 11.5 Å². The smallest absolute Gasteiger partial charge is 0.220 e. The second kappa shape index (κ2) is 9.51. The van der Waals surface area contributed by atoms with Crippen LogP contribution >= 0.6 is 0 Å². The van der Waals surface area contributed by atoms with E-state index in [9.17, 15) is 4.79 Å². The number of hydrogen-bond donors (Lipinski definition) is 2. The van der Waals surface area contributed by atoms with E-state index in [1.807, 2.05) is 12.1 Å². The fraction of sp³-hybridized carbons (Fsp3) is 0.632. The van der Waals surface area contributed by atoms with E-state index in [-0.39, 0.29) is 5.91 Å². The van der Waals surface area contributed by atoms with Crippen LogP contribution in [0.2, 0.25) is 0 Å². The lowest BCUT2D eigenvalue weighted by atomic mass is 9.84. The van der Waals surface area contributed by atoms with Gasteiger partial charge in [0.05, 0.1) is 21.3 Å². The zero-order chi connectivity index (χ0) is 18.2. The molecule has 0 spiro atoms. The summed E-state index contributed by atoms with van der Waals surface area (Å²) in [7, 11) is 4.74. The lowest BCUT2D eigenvalue weighted by Gasteiger charge is -2.27. The summed E-state index contributed by atoms with van der Waals surface area (Å²) < 4.78 is 16.1. The number of piperidine rings is 1. The topological polar surface area (TPSA) is 68.8 Å². The summed E-state index contributed by atoms with van der Waals surface area (Å²) in [6, 6.07) is 3.71. The van der Waals surface area contributed by atoms with Gasteiger partial charge in [-0.2, -0.15) is 0 Å². The first-order chi connectivity index (χ1) is 12.1. The van der Waals surface area contributed by atoms with Gasteiger partial charge in [0.1, 0.15) is 0 Å². The highest BCUT2D eigenvalue weighted by atomic mass is 16.5. The van der Waals surface area contributed by atoms with Crippen molar-refractivity contribution in [3.63, 3.8) is 0 Å². The van der Waals surface area contributed by atoms with Gasteiger partial charge in [0.2, 0.25) is 11.7 Å². The number of carbonyl (C=O) groups is 1. The van der Waals surface area contributed by atoms with Crippen molar-refractivity contribution in [1.82, 2.24) is 10.6 Å². The maximum absolute atomic E-state index is 12.3. The van der Waals surface area contributed by atoms with Crippen LogP contribution in [0.25, 0.3) is 0 Å². The van der Waals surface area contributed by atoms with Crippen LogP contribution in [-0.4, -0.2) is 40.3 Å². The number of rotatable bonds is 8. The summed E-state index contributed by atoms with van der Waals surface area (Å²) >= 11 is 0. The third-order valence-electron chi connectivity index (χ3n) is 4.96. The van der Waals surface area contributed by atoms with Crippen molar-refractivity contribution in [3.8, 4) is 17.2 Å². The predicted molar refractivity (Wildman–Crippen MR) is 97.3 cm³/mol. The standard InChI is InChI=1S/C19H30N2O4/c1-13(14-7-9-20-10-8-14)11-17(22)21-12-15-5-6-16(23-2)19(25-4)18(15)24-3/h5-6,13-14,20H,7-12H2,1-4H3,(H,21,22). The van der Waals surface area contributed by atoms with Gasteiger partial charge in [-0.3, -0.25) is 4.79 Å². The van der Waals surface area contributed by atoms with Crippen LogP contribution in [0.15, 0.2) is 12.1 Å². The monoisotopic (exact) mass is 350 g/mol. The first kappa shape index (κ1) is 19.4. The molecule has 0 bridgehead atoms. The third kappa shape index (κ3) is 5.01. The molecule has 2 N–H and O–H groups in total. The highest BCUT2D eigenvalue weighted by Crippen LogP contribution is 2.39. The van der Waals surface area contributed by atoms with E-state index in [1.54, 1.807) is 21.3 Å². The Morgan fingerprint density at radius 3 is 2.44 bits per heavy atom. The van der Waals surface area contributed by atoms with Crippen LogP contribution in [0.5, 0.6) is 17.2 Å². The minimum absolute atomic E-state index is 0.0721. The highest BCUT2D eigenvalue weighted by Gasteiger charge is 2.22. The number of nitrogens with one attached hydrogen (secondary N) is 2. The molecule has 0 radical (unpaired) electrons. The molecule has 140 valence electrons. The van der Waals surface area contributed by atoms with Crippen LogP contribution in [0.1, 0.15) is 31.7 Å². The molecule has 1 saturated heterocycles. The average Bonchev–Trinajstić information content (AvgIpc) is 2.65. The molecular formula is C19H30N2O4. The average molecular weight is 350 g/mol. The molecule has 1 aliphatic heterocycles. The van der Waals surface area contributed by atoms with Gasteiger partial charge in [0, 0.05) is 18.5 Å². The Labute approximate surface area is 150 Å². The van der Waals surface area contributed by atoms with Gasteiger partial charge in [0.25, 0.3) is 0 Å². The molecule has 2 rings (SSSR count). The highest BCUT2D eigenvalue weighted by molar-refractivity contribution is 5.76. The molecule has 0 aliphatic carbocycles. The Bertz CT molecular complexity index is 571. The quantitative estimate of drug-likeness (QED) is 0.753. The van der Waals surface area contributed by atoms with Crippen LogP contribution in [0.4, 0.5) is 0 Å². The molecule has 0 saturated carbocycles. The summed E-state index contributed by atoms with van der Waals surface area (Å²) in [6.07, 6.45) is 2.86. The number of methoxy groups -OCH3 is 3. The molecule has 1 aromatic rings. The summed E-state index contributed by atoms with van der Waals surface area (Å²) in [6.45, 7) is 4.69. The number of hydrogen-bond acceptors (Lipinski definition) is 5. The maximum Gasteiger partial charge on any atom is 0.220 e. The van der Waals surface area contributed by atoms with E-state index in [0.29, 0.717) is 42.0 Å². The van der Waals surface area contributed by atoms with E-state index < -0.39 is 0 Å². The lowest BCUT2D eigenvalue weighted by molar-refractivity contribution is -0.122. The van der Waals surface area contributed by atoms with Gasteiger partial charge in [-0.25, -0.2) is 0 Å². The molecule has 1 fully saturated rings. The van der Waals surface area contributed by atoms with Crippen molar-refractivity contribution in [1.29, 1.82) is 0 Å². The largest absolute Gasteiger partial charge is 0.493 e. The third-order valence-corrected chi connectivity index (χ3v) is 4.96. The molecule has 1 aliphatic rings. The normalized spacial score (nSPS) is 16.2. The van der Waals surface area contributed by atoms with Gasteiger partial charge >= 0.3 is 0 Å². The minimum Gasteiger partial charge on any atom is -0.493 e. The fourth-order valence-electron chi connectivity index (χ4n) is 3.44. The van der Waals surface area contributed by atoms with Gasteiger partial charge in [-0.1, -0.05) is 6.92 Å². The summed E-state index contributed by atoms with van der Waals surface area (Å²) in [5, 5.41) is 6.37. The molecule has 1 aromatic carbocycles. The van der Waals surface area contributed by atoms with Gasteiger partial charge in [-0.15, -0.1) is 0 Å². The second-order valence-corrected chi connectivity index (χ2v) is 6.54. The van der Waals surface area contributed by atoms with E-state index in [0.717, 1.165) is 31.5 Å². The van der Waals surface area contributed by atoms with Gasteiger partial charge in [-0.05, 0) is 49.9 Å². The predicted octanol–water partition coefficient (Wildman–Crippen LogP) is 2.35. The second-order valence-electron chi connectivity index (χ2n) is 6.54. The van der Waals surface area contributed by atoms with Crippen molar-refractivity contribution < 1.29 is 19.0 Å². The Morgan fingerprint density at radius 2 is 1.84 bits per heavy atom. The van der Waals surface area contributed by atoms with Crippen molar-refractivity contribution >= 4 is 5.91 Å². The van der Waals surface area contributed by atoms with Crippen molar-refractivity contribution in [2.24, 2.45) is 11.8 Å². The van der Waals surface area contributed by atoms with E-state index in [1.165, 1.54) is 0 Å². The Morgan fingerprint density at radius 1 is 1.16 bits per heavy atom. The zero-order valence-electron chi connectivity index (χ0n) is 15.7. The van der Waals surface area contributed by atoms with E-state index >= 15 is 0 Å². The maximum atomic E-state index is 12.3. The SMILES string of the molecule is COc1ccc(CNC(=O)CC(C)C2CCNCC2)c(OC)c1OC. The molecule has 1 atom stereocenters. The zero-order valence-corrected chi connectivity index (χ0v) is 15.7. The van der Waals surface area contributed by atoms with Crippen LogP contribution in [-0.2, 0) is 11.3 Å². The molecule has 1 unspecified atom stereocenters. The van der Waals surface area contributed by atoms with E-state index in [2.05, 4.69) is 17.6 Å². The summed E-state index contributed by atoms with van der Waals surface area (Å²) in [5.41, 5.74) is 0.864. The molecule has 6 nitrogen and oxygen atoms in total. The number of ether oxygens (including phenoxy) is 3. The minimum atomic E-state index is 0.0721. The number of benzene rings is 1. The Hall–Kier alpha value is -1.95. The van der Waals surface area contributed by atoms with Crippen molar-refractivity contribution in [3.05, 3.63) is 17.7 Å². The molecule has 1 amide bonds. The van der Waals surface area contributed by atoms with Crippen molar-refractivity contribution in [2.75, 3.05) is 34.4 Å². The van der Waals surface area contributed by atoms with E-state index in [4.69, 9.17) is 14.2 Å². The summed E-state index contributed by atoms with van der Waals surface area (Å²) in [4.78, 5) is 12.3. The Balaban J connectivity index is 1.94. The first-order valence-corrected chi connectivity index (χ1v) is 8.86. The van der Waals surface area contributed by atoms with Crippen LogP contribution in [0.3, 0.4) is 0 Å². The molecule has 0 aromatic heterocycles. The van der Waals surface area contributed by atoms with Crippen molar-refractivity contribution in [2.45, 2.75) is 32.7 Å². The molecule has 6 heteroatoms. The Kier molecular flexibility index (Phi) is 7.37. The van der Waals surface area contributed by atoms with Crippen LogP contribution < -0.4 is 24.8 Å². The number of amides is 1. The fourth-order valence-corrected chi connectivity index (χ4v) is 3.44. The lowest BCUT2D eigenvalue weighted by Crippen LogP contribution is -2.33. The van der Waals surface area contributed by atoms with Crippen LogP contribution in [0, 0.1) is 11.8 Å². The molecule has 25 heavy (non-hydrogen) atoms. The summed E-state index contributed by atoms with van der Waals surface area (Å²) in [5.74, 6) is 2.84. The first-order valence-electron chi connectivity index (χ1n) is 8.86. The number of carbonyl (C=O) groups excluding carboxylic acids is 1.